The first-order valence-corrected chi connectivity index (χ1v) is 10.2. The fourth-order valence-corrected chi connectivity index (χ4v) is 4.38. The lowest BCUT2D eigenvalue weighted by Gasteiger charge is -2.04. The number of nitrogens with zero attached hydrogens (tertiary/aromatic N) is 2. The number of ether oxygens (including phenoxy) is 1. The zero-order chi connectivity index (χ0) is 20.4. The Labute approximate surface area is 170 Å². The van der Waals surface area contributed by atoms with E-state index in [2.05, 4.69) is 15.0 Å². The highest BCUT2D eigenvalue weighted by molar-refractivity contribution is 8.13. The van der Waals surface area contributed by atoms with Crippen molar-refractivity contribution in [1.82, 2.24) is 9.97 Å². The number of benzene rings is 1. The monoisotopic (exact) mass is 416 g/mol. The molecular formula is C19H20N4O3S2. The van der Waals surface area contributed by atoms with Crippen LogP contribution in [0.1, 0.15) is 32.2 Å². The smallest absolute Gasteiger partial charge is 0.348 e. The number of fused-ring (bicyclic) bond motifs is 1. The molecular weight excluding hydrogens is 396 g/mol. The van der Waals surface area contributed by atoms with Crippen LogP contribution in [0.3, 0.4) is 0 Å². The summed E-state index contributed by atoms with van der Waals surface area (Å²) in [5, 5.41) is 0.797. The number of H-pyrrole nitrogens is 1. The number of thiophene rings is 1. The van der Waals surface area contributed by atoms with E-state index in [1.54, 1.807) is 6.92 Å². The Balaban J connectivity index is 1.85. The number of aliphatic imine (C=N–C) groups is 1. The lowest BCUT2D eigenvalue weighted by Crippen LogP contribution is -2.13. The molecule has 0 spiro atoms. The van der Waals surface area contributed by atoms with Gasteiger partial charge < -0.3 is 15.5 Å². The molecule has 0 saturated carbocycles. The average molecular weight is 417 g/mol. The van der Waals surface area contributed by atoms with E-state index in [1.165, 1.54) is 18.9 Å². The Bertz CT molecular complexity index is 1150. The van der Waals surface area contributed by atoms with Gasteiger partial charge in [0.15, 0.2) is 5.17 Å². The molecule has 7 nitrogen and oxygen atoms in total. The van der Waals surface area contributed by atoms with Gasteiger partial charge in [-0.25, -0.2) is 14.8 Å². The van der Waals surface area contributed by atoms with Gasteiger partial charge in [-0.2, -0.15) is 0 Å². The molecule has 1 aromatic carbocycles. The van der Waals surface area contributed by atoms with Gasteiger partial charge >= 0.3 is 5.97 Å². The highest BCUT2D eigenvalue weighted by Gasteiger charge is 2.19. The molecule has 0 amide bonds. The summed E-state index contributed by atoms with van der Waals surface area (Å²) in [6, 6.07) is 5.99. The zero-order valence-electron chi connectivity index (χ0n) is 16.0. The van der Waals surface area contributed by atoms with Gasteiger partial charge in [-0.05, 0) is 43.5 Å². The van der Waals surface area contributed by atoms with Crippen LogP contribution in [-0.2, 0) is 10.5 Å². The standard InChI is InChI=1S/C19H20N4O3S2/c1-9-5-6-10(2)12(7-9)21-19(20)27-8-13-22-16(24)14-11(3)15(18(25)26-4)28-17(14)23-13/h5-7H,8H2,1-4H3,(H2,20,21)(H,22,23,24). The second-order valence-electron chi connectivity index (χ2n) is 6.27. The van der Waals surface area contributed by atoms with Crippen LogP contribution in [0.15, 0.2) is 28.0 Å². The quantitative estimate of drug-likeness (QED) is 0.382. The fraction of sp³-hybridized carbons (Fsp3) is 0.263. The minimum absolute atomic E-state index is 0.283. The van der Waals surface area contributed by atoms with Gasteiger partial charge in [-0.15, -0.1) is 11.3 Å². The van der Waals surface area contributed by atoms with E-state index in [0.717, 1.165) is 28.2 Å². The number of rotatable bonds is 4. The van der Waals surface area contributed by atoms with Gasteiger partial charge in [0.05, 0.1) is 23.9 Å². The molecule has 0 radical (unpaired) electrons. The zero-order valence-corrected chi connectivity index (χ0v) is 17.6. The Morgan fingerprint density at radius 1 is 1.36 bits per heavy atom. The molecule has 146 valence electrons. The number of aryl methyl sites for hydroxylation is 3. The number of aromatic nitrogens is 2. The molecule has 3 aromatic rings. The van der Waals surface area contributed by atoms with E-state index < -0.39 is 5.97 Å². The van der Waals surface area contributed by atoms with Gasteiger partial charge in [0, 0.05) is 0 Å². The second-order valence-corrected chi connectivity index (χ2v) is 8.26. The summed E-state index contributed by atoms with van der Waals surface area (Å²) in [4.78, 5) is 36.9. The van der Waals surface area contributed by atoms with Gasteiger partial charge in [0.2, 0.25) is 0 Å². The molecule has 0 bridgehead atoms. The molecule has 2 heterocycles. The number of hydrogen-bond acceptors (Lipinski definition) is 7. The number of aromatic amines is 1. The molecule has 0 fully saturated rings. The minimum atomic E-state index is -0.472. The van der Waals surface area contributed by atoms with Crippen molar-refractivity contribution >= 4 is 50.1 Å². The van der Waals surface area contributed by atoms with Crippen molar-refractivity contribution in [2.24, 2.45) is 10.7 Å². The molecule has 3 rings (SSSR count). The van der Waals surface area contributed by atoms with Gasteiger partial charge in [0.1, 0.15) is 15.5 Å². The Kier molecular flexibility index (Phi) is 5.85. The number of amidine groups is 1. The largest absolute Gasteiger partial charge is 0.465 e. The van der Waals surface area contributed by atoms with E-state index in [4.69, 9.17) is 10.5 Å². The van der Waals surface area contributed by atoms with Crippen molar-refractivity contribution in [1.29, 1.82) is 0 Å². The maximum Gasteiger partial charge on any atom is 0.348 e. The number of nitrogens with two attached hydrogens (primary N) is 1. The van der Waals surface area contributed by atoms with Gasteiger partial charge in [0.25, 0.3) is 5.56 Å². The summed E-state index contributed by atoms with van der Waals surface area (Å²) in [5.74, 6) is 0.357. The van der Waals surface area contributed by atoms with Crippen molar-refractivity contribution in [2.75, 3.05) is 7.11 Å². The van der Waals surface area contributed by atoms with E-state index in [0.29, 0.717) is 37.4 Å². The maximum absolute atomic E-state index is 12.5. The number of hydrogen-bond donors (Lipinski definition) is 2. The predicted octanol–water partition coefficient (Wildman–Crippen LogP) is 3.58. The highest BCUT2D eigenvalue weighted by atomic mass is 32.2. The van der Waals surface area contributed by atoms with Crippen molar-refractivity contribution in [3.63, 3.8) is 0 Å². The van der Waals surface area contributed by atoms with Crippen LogP contribution in [0.4, 0.5) is 5.69 Å². The third kappa shape index (κ3) is 4.10. The first-order valence-electron chi connectivity index (χ1n) is 8.45. The average Bonchev–Trinajstić information content (AvgIpc) is 2.99. The second kappa shape index (κ2) is 8.15. The molecule has 0 aliphatic carbocycles. The summed E-state index contributed by atoms with van der Waals surface area (Å²) < 4.78 is 4.77. The molecule has 2 aromatic heterocycles. The van der Waals surface area contributed by atoms with Crippen molar-refractivity contribution in [2.45, 2.75) is 26.5 Å². The molecule has 0 saturated heterocycles. The third-order valence-corrected chi connectivity index (χ3v) is 6.14. The molecule has 3 N–H and O–H groups in total. The lowest BCUT2D eigenvalue weighted by atomic mass is 10.1. The summed E-state index contributed by atoms with van der Waals surface area (Å²) >= 11 is 2.44. The van der Waals surface area contributed by atoms with Crippen LogP contribution < -0.4 is 11.3 Å². The SMILES string of the molecule is COC(=O)c1sc2nc(CSC(N)=Nc3cc(C)ccc3C)[nH]c(=O)c2c1C. The number of carbonyl (C=O) groups is 1. The van der Waals surface area contributed by atoms with Crippen LogP contribution in [0, 0.1) is 20.8 Å². The van der Waals surface area contributed by atoms with E-state index in [-0.39, 0.29) is 5.56 Å². The van der Waals surface area contributed by atoms with Crippen LogP contribution in [-0.4, -0.2) is 28.2 Å². The maximum atomic E-state index is 12.5. The highest BCUT2D eigenvalue weighted by Crippen LogP contribution is 2.28. The van der Waals surface area contributed by atoms with Crippen LogP contribution in [0.2, 0.25) is 0 Å². The molecule has 0 aliphatic rings. The summed E-state index contributed by atoms with van der Waals surface area (Å²) in [7, 11) is 1.31. The fourth-order valence-electron chi connectivity index (χ4n) is 2.68. The lowest BCUT2D eigenvalue weighted by molar-refractivity contribution is 0.0605. The van der Waals surface area contributed by atoms with Gasteiger partial charge in [-0.1, -0.05) is 23.9 Å². The van der Waals surface area contributed by atoms with Crippen LogP contribution in [0.25, 0.3) is 10.2 Å². The molecule has 0 aliphatic heterocycles. The van der Waals surface area contributed by atoms with Crippen molar-refractivity contribution in [3.05, 3.63) is 55.9 Å². The number of methoxy groups -OCH3 is 1. The van der Waals surface area contributed by atoms with E-state index in [9.17, 15) is 9.59 Å². The van der Waals surface area contributed by atoms with Gasteiger partial charge in [-0.3, -0.25) is 4.79 Å². The Hall–Kier alpha value is -2.65. The van der Waals surface area contributed by atoms with E-state index >= 15 is 0 Å². The Morgan fingerprint density at radius 3 is 2.82 bits per heavy atom. The molecule has 28 heavy (non-hydrogen) atoms. The van der Waals surface area contributed by atoms with Crippen LogP contribution in [0.5, 0.6) is 0 Å². The minimum Gasteiger partial charge on any atom is -0.465 e. The summed E-state index contributed by atoms with van der Waals surface area (Å²) in [5.41, 5.74) is 9.30. The topological polar surface area (TPSA) is 110 Å². The normalized spacial score (nSPS) is 11.8. The number of carbonyl (C=O) groups excluding carboxylic acids is 1. The van der Waals surface area contributed by atoms with Crippen molar-refractivity contribution in [3.8, 4) is 0 Å². The molecule has 0 unspecified atom stereocenters. The molecule has 9 heteroatoms. The third-order valence-electron chi connectivity index (χ3n) is 4.17. The van der Waals surface area contributed by atoms with Crippen molar-refractivity contribution < 1.29 is 9.53 Å². The van der Waals surface area contributed by atoms with E-state index in [1.807, 2.05) is 32.0 Å². The number of nitrogens with one attached hydrogen (secondary N) is 1. The summed E-state index contributed by atoms with van der Waals surface area (Å²) in [6.07, 6.45) is 0. The Morgan fingerprint density at radius 2 is 2.11 bits per heavy atom. The first kappa shape index (κ1) is 20.1. The number of esters is 1. The first-order chi connectivity index (χ1) is 13.3. The van der Waals surface area contributed by atoms with Crippen LogP contribution >= 0.6 is 23.1 Å². The predicted molar refractivity (Wildman–Crippen MR) is 115 cm³/mol. The summed E-state index contributed by atoms with van der Waals surface area (Å²) in [6.45, 7) is 5.68. The molecule has 0 atom stereocenters. The number of thioether (sulfide) groups is 1.